The van der Waals surface area contributed by atoms with Crippen LogP contribution in [-0.4, -0.2) is 54.4 Å². The van der Waals surface area contributed by atoms with Gasteiger partial charge in [-0.25, -0.2) is 0 Å². The topological polar surface area (TPSA) is 106 Å². The molecule has 0 saturated heterocycles. The van der Waals surface area contributed by atoms with Gasteiger partial charge in [-0.1, -0.05) is 19.9 Å². The number of amides is 1. The monoisotopic (exact) mass is 522 g/mol. The van der Waals surface area contributed by atoms with Crippen LogP contribution >= 0.6 is 11.8 Å². The maximum Gasteiger partial charge on any atom is 0.283 e. The van der Waals surface area contributed by atoms with Gasteiger partial charge in [-0.15, -0.1) is 0 Å². The number of hydrogen-bond donors (Lipinski definition) is 1. The molecule has 2 aliphatic heterocycles. The Labute approximate surface area is 220 Å². The third-order valence-corrected chi connectivity index (χ3v) is 7.04. The molecule has 0 aromatic heterocycles. The van der Waals surface area contributed by atoms with Crippen molar-refractivity contribution in [2.45, 2.75) is 27.7 Å². The zero-order valence-electron chi connectivity index (χ0n) is 21.7. The number of nitrogens with zero attached hydrogens (tertiary/aromatic N) is 3. The van der Waals surface area contributed by atoms with Crippen LogP contribution in [0.15, 0.2) is 46.0 Å². The Morgan fingerprint density at radius 1 is 1.03 bits per heavy atom. The minimum atomic E-state index is -0.495. The third-order valence-electron chi connectivity index (χ3n) is 5.83. The lowest BCUT2D eigenvalue weighted by atomic mass is 10.1. The van der Waals surface area contributed by atoms with Crippen molar-refractivity contribution in [1.29, 1.82) is 5.41 Å². The summed E-state index contributed by atoms with van der Waals surface area (Å²) in [5.41, 5.74) is 3.09. The zero-order valence-corrected chi connectivity index (χ0v) is 22.6. The first kappa shape index (κ1) is 26.3. The third kappa shape index (κ3) is 5.64. The molecular weight excluding hydrogens is 492 g/mol. The van der Waals surface area contributed by atoms with E-state index in [0.29, 0.717) is 34.6 Å². The largest absolute Gasteiger partial charge is 0.493 e. The van der Waals surface area contributed by atoms with Crippen LogP contribution in [0, 0.1) is 25.2 Å². The maximum absolute atomic E-state index is 12.7. The highest BCUT2D eigenvalue weighted by Crippen LogP contribution is 2.40. The van der Waals surface area contributed by atoms with Gasteiger partial charge in [-0.2, -0.15) is 15.1 Å². The van der Waals surface area contributed by atoms with Gasteiger partial charge >= 0.3 is 0 Å². The van der Waals surface area contributed by atoms with E-state index in [2.05, 4.69) is 17.0 Å². The number of aliphatic imine (C=N–C) groups is 1. The van der Waals surface area contributed by atoms with E-state index in [1.165, 1.54) is 36.6 Å². The number of aryl methyl sites for hydroxylation is 2. The Kier molecular flexibility index (Phi) is 7.87. The van der Waals surface area contributed by atoms with Crippen molar-refractivity contribution >= 4 is 39.8 Å². The summed E-state index contributed by atoms with van der Waals surface area (Å²) in [7, 11) is 3.05. The number of hydrazone groups is 1. The van der Waals surface area contributed by atoms with Crippen molar-refractivity contribution in [2.75, 3.05) is 27.4 Å². The summed E-state index contributed by atoms with van der Waals surface area (Å²) >= 11 is 1.31. The second-order valence-corrected chi connectivity index (χ2v) is 9.80. The predicted octanol–water partition coefficient (Wildman–Crippen LogP) is 5.05. The summed E-state index contributed by atoms with van der Waals surface area (Å²) in [6.07, 6.45) is 1.58. The molecule has 0 bridgehead atoms. The number of benzene rings is 2. The lowest BCUT2D eigenvalue weighted by molar-refractivity contribution is -0.114. The highest BCUT2D eigenvalue weighted by atomic mass is 32.2. The van der Waals surface area contributed by atoms with Crippen molar-refractivity contribution in [1.82, 2.24) is 5.01 Å². The number of hydrogen-bond acceptors (Lipinski definition) is 8. The fraction of sp³-hybridized carbons (Fsp3) is 0.333. The molecule has 2 aromatic carbocycles. The number of carbonyl (C=O) groups excluding carboxylic acids is 1. The molecular formula is C27H30N4O5S. The molecule has 1 amide bonds. The molecule has 1 N–H and O–H groups in total. The number of amidine groups is 2. The van der Waals surface area contributed by atoms with E-state index < -0.39 is 5.91 Å². The minimum Gasteiger partial charge on any atom is -0.493 e. The number of fused-ring (bicyclic) bond motifs is 1. The summed E-state index contributed by atoms with van der Waals surface area (Å²) < 4.78 is 22.9. The fourth-order valence-corrected chi connectivity index (χ4v) is 4.53. The van der Waals surface area contributed by atoms with Gasteiger partial charge in [-0.3, -0.25) is 10.2 Å². The zero-order chi connectivity index (χ0) is 26.7. The van der Waals surface area contributed by atoms with E-state index >= 15 is 0 Å². The number of carbonyl (C=O) groups is 1. The summed E-state index contributed by atoms with van der Waals surface area (Å²) in [6, 6.07) is 9.38. The quantitative estimate of drug-likeness (QED) is 0.363. The fourth-order valence-electron chi connectivity index (χ4n) is 3.64. The molecule has 2 aromatic rings. The van der Waals surface area contributed by atoms with Crippen molar-refractivity contribution in [3.63, 3.8) is 0 Å². The Morgan fingerprint density at radius 2 is 1.70 bits per heavy atom. The van der Waals surface area contributed by atoms with Gasteiger partial charge < -0.3 is 18.9 Å². The first-order valence-corrected chi connectivity index (χ1v) is 12.6. The van der Waals surface area contributed by atoms with Crippen LogP contribution in [0.25, 0.3) is 6.08 Å². The first-order valence-electron chi connectivity index (χ1n) is 11.8. The van der Waals surface area contributed by atoms with Crippen molar-refractivity contribution in [3.8, 4) is 23.0 Å². The van der Waals surface area contributed by atoms with E-state index in [1.54, 1.807) is 18.2 Å². The van der Waals surface area contributed by atoms with Crippen molar-refractivity contribution in [3.05, 3.63) is 52.6 Å². The lowest BCUT2D eigenvalue weighted by Crippen LogP contribution is -2.35. The molecule has 10 heteroatoms. The van der Waals surface area contributed by atoms with Crippen LogP contribution in [0.3, 0.4) is 0 Å². The first-order chi connectivity index (χ1) is 17.7. The number of methoxy groups -OCH3 is 2. The van der Waals surface area contributed by atoms with E-state index in [1.807, 2.05) is 39.0 Å². The van der Waals surface area contributed by atoms with Gasteiger partial charge in [0.05, 0.1) is 19.8 Å². The smallest absolute Gasteiger partial charge is 0.283 e. The average molecular weight is 523 g/mol. The van der Waals surface area contributed by atoms with Gasteiger partial charge in [0.1, 0.15) is 24.0 Å². The van der Waals surface area contributed by atoms with Gasteiger partial charge in [0.15, 0.2) is 17.3 Å². The molecule has 2 heterocycles. The van der Waals surface area contributed by atoms with E-state index in [0.717, 1.165) is 16.4 Å². The molecule has 0 atom stereocenters. The van der Waals surface area contributed by atoms with Crippen LogP contribution in [-0.2, 0) is 4.79 Å². The molecule has 2 aliphatic rings. The van der Waals surface area contributed by atoms with Gasteiger partial charge in [0, 0.05) is 5.92 Å². The van der Waals surface area contributed by atoms with E-state index in [9.17, 15) is 4.79 Å². The number of thioether (sulfide) groups is 1. The van der Waals surface area contributed by atoms with Crippen molar-refractivity contribution < 1.29 is 23.7 Å². The predicted molar refractivity (Wildman–Crippen MR) is 146 cm³/mol. The highest BCUT2D eigenvalue weighted by molar-refractivity contribution is 8.27. The Bertz CT molecular complexity index is 1310. The molecule has 0 spiro atoms. The van der Waals surface area contributed by atoms with Gasteiger partial charge in [0.25, 0.3) is 5.91 Å². The van der Waals surface area contributed by atoms with Gasteiger partial charge in [-0.05, 0) is 72.6 Å². The standard InChI is InChI=1S/C27H30N4O5S/c1-15(2)26-30-31-24(28)20(25(32)29-27(31)37-26)12-18-13-21(33-5)23(22(14-18)34-6)36-10-9-35-19-8-7-16(3)17(4)11-19/h7-8,11-15,28H,9-10H2,1-6H3/b20-12-,28-24?. The number of ether oxygens (including phenoxy) is 4. The normalized spacial score (nSPS) is 16.1. The van der Waals surface area contributed by atoms with Gasteiger partial charge in [0.2, 0.25) is 10.9 Å². The molecule has 4 rings (SSSR count). The molecule has 37 heavy (non-hydrogen) atoms. The van der Waals surface area contributed by atoms with Crippen LogP contribution in [0.5, 0.6) is 23.0 Å². The second kappa shape index (κ2) is 11.1. The van der Waals surface area contributed by atoms with Crippen LogP contribution in [0.1, 0.15) is 30.5 Å². The number of rotatable bonds is 9. The maximum atomic E-state index is 12.7. The molecule has 0 radical (unpaired) electrons. The average Bonchev–Trinajstić information content (AvgIpc) is 3.31. The Morgan fingerprint density at radius 3 is 2.32 bits per heavy atom. The van der Waals surface area contributed by atoms with Crippen molar-refractivity contribution in [2.24, 2.45) is 16.0 Å². The van der Waals surface area contributed by atoms with Crippen LogP contribution < -0.4 is 18.9 Å². The second-order valence-electron chi connectivity index (χ2n) is 8.81. The highest BCUT2D eigenvalue weighted by Gasteiger charge is 2.36. The lowest BCUT2D eigenvalue weighted by Gasteiger charge is -2.20. The Balaban J connectivity index is 1.52. The molecule has 0 fully saturated rings. The molecule has 0 unspecified atom stereocenters. The van der Waals surface area contributed by atoms with Crippen LogP contribution in [0.2, 0.25) is 0 Å². The summed E-state index contributed by atoms with van der Waals surface area (Å²) in [5, 5.41) is 15.6. The summed E-state index contributed by atoms with van der Waals surface area (Å²) in [4.78, 5) is 16.9. The minimum absolute atomic E-state index is 0.0279. The van der Waals surface area contributed by atoms with Crippen LogP contribution in [0.4, 0.5) is 0 Å². The molecule has 0 saturated carbocycles. The SMILES string of the molecule is COc1cc(/C=C2/C(=N)N3N=C(C(C)C)SC3=NC2=O)cc(OC)c1OCCOc1ccc(C)c(C)c1. The molecule has 0 aliphatic carbocycles. The molecule has 9 nitrogen and oxygen atoms in total. The molecule has 194 valence electrons. The van der Waals surface area contributed by atoms with E-state index in [-0.39, 0.29) is 23.9 Å². The number of nitrogens with one attached hydrogen (secondary N) is 1. The summed E-state index contributed by atoms with van der Waals surface area (Å²) in [6.45, 7) is 8.71. The Hall–Kier alpha value is -3.79. The van der Waals surface area contributed by atoms with E-state index in [4.69, 9.17) is 24.4 Å². The summed E-state index contributed by atoms with van der Waals surface area (Å²) in [5.74, 6) is 1.69.